The Labute approximate surface area is 188 Å². The zero-order valence-corrected chi connectivity index (χ0v) is 19.4. The van der Waals surface area contributed by atoms with Crippen molar-refractivity contribution in [3.63, 3.8) is 0 Å². The number of methoxy groups -OCH3 is 1. The van der Waals surface area contributed by atoms with Crippen molar-refractivity contribution in [1.82, 2.24) is 10.2 Å². The van der Waals surface area contributed by atoms with Crippen LogP contribution in [-0.4, -0.2) is 57.6 Å². The van der Waals surface area contributed by atoms with Crippen molar-refractivity contribution in [2.75, 3.05) is 30.8 Å². The third kappa shape index (κ3) is 6.68. The van der Waals surface area contributed by atoms with E-state index in [0.717, 1.165) is 10.6 Å². The Morgan fingerprint density at radius 3 is 2.38 bits per heavy atom. The number of anilines is 1. The quantitative estimate of drug-likeness (QED) is 0.580. The predicted molar refractivity (Wildman–Crippen MR) is 120 cm³/mol. The van der Waals surface area contributed by atoms with Crippen molar-refractivity contribution < 1.29 is 27.1 Å². The van der Waals surface area contributed by atoms with Crippen LogP contribution >= 0.6 is 0 Å². The lowest BCUT2D eigenvalue weighted by atomic mass is 10.1. The first kappa shape index (κ1) is 25.1. The van der Waals surface area contributed by atoms with Crippen molar-refractivity contribution in [3.8, 4) is 5.75 Å². The number of amides is 2. The second-order valence-corrected chi connectivity index (χ2v) is 9.10. The molecular formula is C22H28FN3O5S. The molecule has 0 aliphatic heterocycles. The van der Waals surface area contributed by atoms with Crippen LogP contribution in [0, 0.1) is 5.82 Å². The van der Waals surface area contributed by atoms with Crippen LogP contribution < -0.4 is 14.4 Å². The van der Waals surface area contributed by atoms with E-state index in [2.05, 4.69) is 5.32 Å². The van der Waals surface area contributed by atoms with Crippen LogP contribution in [-0.2, 0) is 26.2 Å². The molecule has 0 aromatic heterocycles. The molecule has 0 aliphatic carbocycles. The maximum absolute atomic E-state index is 13.3. The maximum Gasteiger partial charge on any atom is 0.244 e. The molecule has 1 atom stereocenters. The number of ether oxygens (including phenoxy) is 1. The highest BCUT2D eigenvalue weighted by atomic mass is 32.2. The summed E-state index contributed by atoms with van der Waals surface area (Å²) in [5.41, 5.74) is 0.857. The van der Waals surface area contributed by atoms with Crippen LogP contribution in [0.1, 0.15) is 19.4 Å². The third-order valence-electron chi connectivity index (χ3n) is 4.80. The number of nitrogens with zero attached hydrogens (tertiary/aromatic N) is 2. The molecule has 1 N–H and O–H groups in total. The van der Waals surface area contributed by atoms with E-state index in [1.807, 2.05) is 0 Å². The second kappa shape index (κ2) is 10.9. The first-order chi connectivity index (χ1) is 15.1. The second-order valence-electron chi connectivity index (χ2n) is 7.19. The standard InChI is InChI=1S/C22H28FN3O5S/c1-5-24-22(28)16(2)25(14-17-9-11-18(23)12-10-17)21(27)15-26(32(4,29)30)19-7-6-8-20(13-19)31-3/h6-13,16H,5,14-15H2,1-4H3,(H,24,28)/t16-/m0/s1. The molecule has 10 heteroatoms. The van der Waals surface area contributed by atoms with Crippen molar-refractivity contribution in [2.24, 2.45) is 0 Å². The minimum absolute atomic E-state index is 0.00707. The van der Waals surface area contributed by atoms with Gasteiger partial charge < -0.3 is 15.0 Å². The number of benzene rings is 2. The van der Waals surface area contributed by atoms with Crippen LogP contribution in [0.15, 0.2) is 48.5 Å². The van der Waals surface area contributed by atoms with Gasteiger partial charge in [-0.25, -0.2) is 12.8 Å². The normalized spacial score (nSPS) is 12.0. The number of sulfonamides is 1. The zero-order chi connectivity index (χ0) is 23.9. The fourth-order valence-corrected chi connectivity index (χ4v) is 3.91. The molecule has 8 nitrogen and oxygen atoms in total. The van der Waals surface area contributed by atoms with E-state index in [1.165, 1.54) is 42.3 Å². The monoisotopic (exact) mass is 465 g/mol. The van der Waals surface area contributed by atoms with E-state index in [0.29, 0.717) is 17.9 Å². The van der Waals surface area contributed by atoms with Gasteiger partial charge in [0.15, 0.2) is 0 Å². The third-order valence-corrected chi connectivity index (χ3v) is 5.95. The summed E-state index contributed by atoms with van der Waals surface area (Å²) in [7, 11) is -2.37. The summed E-state index contributed by atoms with van der Waals surface area (Å²) in [6, 6.07) is 11.0. The van der Waals surface area contributed by atoms with Crippen molar-refractivity contribution in [2.45, 2.75) is 26.4 Å². The average Bonchev–Trinajstić information content (AvgIpc) is 2.75. The number of nitrogens with one attached hydrogen (secondary N) is 1. The smallest absolute Gasteiger partial charge is 0.244 e. The molecule has 0 radical (unpaired) electrons. The number of halogens is 1. The van der Waals surface area contributed by atoms with Crippen molar-refractivity contribution in [3.05, 3.63) is 59.9 Å². The molecule has 0 spiro atoms. The summed E-state index contributed by atoms with van der Waals surface area (Å²) in [5, 5.41) is 2.66. The highest BCUT2D eigenvalue weighted by molar-refractivity contribution is 7.92. The van der Waals surface area contributed by atoms with Gasteiger partial charge in [-0.1, -0.05) is 18.2 Å². The molecule has 2 aromatic rings. The first-order valence-electron chi connectivity index (χ1n) is 10.00. The number of carbonyl (C=O) groups excluding carboxylic acids is 2. The summed E-state index contributed by atoms with van der Waals surface area (Å²) in [4.78, 5) is 27.0. The van der Waals surface area contributed by atoms with Gasteiger partial charge in [0.05, 0.1) is 19.1 Å². The highest BCUT2D eigenvalue weighted by Gasteiger charge is 2.30. The molecule has 0 bridgehead atoms. The van der Waals surface area contributed by atoms with Gasteiger partial charge in [0, 0.05) is 19.2 Å². The van der Waals surface area contributed by atoms with Crippen LogP contribution in [0.3, 0.4) is 0 Å². The molecule has 32 heavy (non-hydrogen) atoms. The van der Waals surface area contributed by atoms with Gasteiger partial charge in [-0.2, -0.15) is 0 Å². The zero-order valence-electron chi connectivity index (χ0n) is 18.5. The summed E-state index contributed by atoms with van der Waals surface area (Å²) >= 11 is 0. The lowest BCUT2D eigenvalue weighted by molar-refractivity contribution is -0.139. The molecule has 0 heterocycles. The van der Waals surface area contributed by atoms with Gasteiger partial charge in [-0.3, -0.25) is 13.9 Å². The largest absolute Gasteiger partial charge is 0.497 e. The number of likely N-dealkylation sites (N-methyl/N-ethyl adjacent to an activating group) is 1. The topological polar surface area (TPSA) is 96.0 Å². The molecule has 0 unspecified atom stereocenters. The molecule has 0 saturated carbocycles. The molecule has 0 fully saturated rings. The molecule has 2 amide bonds. The SMILES string of the molecule is CCNC(=O)[C@H](C)N(Cc1ccc(F)cc1)C(=O)CN(c1cccc(OC)c1)S(C)(=O)=O. The van der Waals surface area contributed by atoms with E-state index in [9.17, 15) is 22.4 Å². The van der Waals surface area contributed by atoms with Crippen molar-refractivity contribution >= 4 is 27.5 Å². The molecular weight excluding hydrogens is 437 g/mol. The Bertz CT molecular complexity index is 1040. The lowest BCUT2D eigenvalue weighted by Gasteiger charge is -2.31. The number of hydrogen-bond acceptors (Lipinski definition) is 5. The van der Waals surface area contributed by atoms with E-state index in [-0.39, 0.29) is 18.1 Å². The molecule has 2 rings (SSSR count). The number of hydrogen-bond donors (Lipinski definition) is 1. The van der Waals surface area contributed by atoms with Crippen LogP contribution in [0.4, 0.5) is 10.1 Å². The first-order valence-corrected chi connectivity index (χ1v) is 11.8. The Kier molecular flexibility index (Phi) is 8.59. The van der Waals surface area contributed by atoms with Gasteiger partial charge in [0.2, 0.25) is 21.8 Å². The summed E-state index contributed by atoms with van der Waals surface area (Å²) in [6.07, 6.45) is 0.997. The van der Waals surface area contributed by atoms with Gasteiger partial charge in [0.25, 0.3) is 0 Å². The summed E-state index contributed by atoms with van der Waals surface area (Å²) < 4.78 is 44.4. The van der Waals surface area contributed by atoms with E-state index >= 15 is 0 Å². The van der Waals surface area contributed by atoms with Gasteiger partial charge >= 0.3 is 0 Å². The van der Waals surface area contributed by atoms with Crippen LogP contribution in [0.2, 0.25) is 0 Å². The molecule has 0 aliphatic rings. The fourth-order valence-electron chi connectivity index (χ4n) is 3.07. The Morgan fingerprint density at radius 2 is 1.81 bits per heavy atom. The van der Waals surface area contributed by atoms with Crippen LogP contribution in [0.25, 0.3) is 0 Å². The van der Waals surface area contributed by atoms with E-state index < -0.39 is 34.3 Å². The molecule has 2 aromatic carbocycles. The Balaban J connectivity index is 2.38. The van der Waals surface area contributed by atoms with Gasteiger partial charge in [-0.05, 0) is 43.7 Å². The highest BCUT2D eigenvalue weighted by Crippen LogP contribution is 2.23. The predicted octanol–water partition coefficient (Wildman–Crippen LogP) is 2.15. The fraction of sp³-hybridized carbons (Fsp3) is 0.364. The summed E-state index contributed by atoms with van der Waals surface area (Å²) in [6.45, 7) is 3.18. The summed E-state index contributed by atoms with van der Waals surface area (Å²) in [5.74, 6) is -0.955. The van der Waals surface area contributed by atoms with E-state index in [1.54, 1.807) is 32.0 Å². The number of carbonyl (C=O) groups is 2. The van der Waals surface area contributed by atoms with Crippen molar-refractivity contribution in [1.29, 1.82) is 0 Å². The average molecular weight is 466 g/mol. The molecule has 174 valence electrons. The van der Waals surface area contributed by atoms with Gasteiger partial charge in [-0.15, -0.1) is 0 Å². The van der Waals surface area contributed by atoms with Gasteiger partial charge in [0.1, 0.15) is 24.2 Å². The van der Waals surface area contributed by atoms with Crippen LogP contribution in [0.5, 0.6) is 5.75 Å². The lowest BCUT2D eigenvalue weighted by Crippen LogP contribution is -2.51. The Hall–Kier alpha value is -3.14. The van der Waals surface area contributed by atoms with E-state index in [4.69, 9.17) is 4.74 Å². The molecule has 0 saturated heterocycles. The minimum atomic E-state index is -3.83. The number of rotatable bonds is 10. The Morgan fingerprint density at radius 1 is 1.16 bits per heavy atom. The minimum Gasteiger partial charge on any atom is -0.497 e. The maximum atomic E-state index is 13.3.